The molecule has 1 N–H and O–H groups in total. The predicted molar refractivity (Wildman–Crippen MR) is 41.9 cm³/mol. The number of hydrogen-bond acceptors (Lipinski definition) is 1. The Kier molecular flexibility index (Phi) is 2.08. The third-order valence-corrected chi connectivity index (χ3v) is 3.87. The van der Waals surface area contributed by atoms with Gasteiger partial charge in [-0.1, -0.05) is 0 Å². The molecule has 0 saturated heterocycles. The van der Waals surface area contributed by atoms with E-state index in [2.05, 4.69) is 0 Å². The average molecular weight is 244 g/mol. The molecule has 2 nitrogen and oxygen atoms in total. The maximum atomic E-state index is 13.6. The van der Waals surface area contributed by atoms with Crippen molar-refractivity contribution >= 4 is 5.97 Å². The van der Waals surface area contributed by atoms with Crippen LogP contribution in [0.5, 0.6) is 0 Å². The highest BCUT2D eigenvalue weighted by atomic mass is 19.4. The lowest BCUT2D eigenvalue weighted by Gasteiger charge is -2.40. The maximum Gasteiger partial charge on any atom is 0.411 e. The topological polar surface area (TPSA) is 37.3 Å². The van der Waals surface area contributed by atoms with Crippen molar-refractivity contribution in [2.45, 2.75) is 31.4 Å². The van der Waals surface area contributed by atoms with Crippen LogP contribution >= 0.6 is 0 Å². The van der Waals surface area contributed by atoms with Gasteiger partial charge in [-0.2, -0.15) is 13.2 Å². The summed E-state index contributed by atoms with van der Waals surface area (Å²) in [7, 11) is 0. The van der Waals surface area contributed by atoms with Crippen LogP contribution < -0.4 is 0 Å². The number of aliphatic carboxylic acids is 1. The van der Waals surface area contributed by atoms with Gasteiger partial charge in [0.05, 0.1) is 0 Å². The normalized spacial score (nSPS) is 41.3. The van der Waals surface area contributed by atoms with E-state index < -0.39 is 35.3 Å². The number of alkyl halides is 5. The summed E-state index contributed by atoms with van der Waals surface area (Å²) in [6.07, 6.45) is -5.88. The molecule has 0 amide bonds. The molecular formula is C9H9F5O2. The molecule has 2 fully saturated rings. The summed E-state index contributed by atoms with van der Waals surface area (Å²) in [6.45, 7) is 0. The molecule has 2 aliphatic carbocycles. The van der Waals surface area contributed by atoms with E-state index in [9.17, 15) is 26.7 Å². The van der Waals surface area contributed by atoms with Gasteiger partial charge >= 0.3 is 12.1 Å². The van der Waals surface area contributed by atoms with Crippen LogP contribution in [-0.2, 0) is 4.79 Å². The van der Waals surface area contributed by atoms with Gasteiger partial charge in [-0.25, -0.2) is 8.78 Å². The highest BCUT2D eigenvalue weighted by Crippen LogP contribution is 2.69. The Labute approximate surface area is 87.4 Å². The van der Waals surface area contributed by atoms with Crippen LogP contribution in [-0.4, -0.2) is 23.2 Å². The standard InChI is InChI=1S/C9H9F5O2/c10-8(11)5-2-1-4(3-5)7(8,6(15)16)9(12,13)14/h4-5H,1-3H2,(H,15,16). The van der Waals surface area contributed by atoms with Gasteiger partial charge in [-0.15, -0.1) is 0 Å². The number of carbonyl (C=O) groups is 1. The molecular weight excluding hydrogens is 235 g/mol. The molecule has 2 bridgehead atoms. The molecule has 2 rings (SSSR count). The molecule has 2 saturated carbocycles. The second-order valence-electron chi connectivity index (χ2n) is 4.44. The van der Waals surface area contributed by atoms with Crippen molar-refractivity contribution in [2.75, 3.05) is 0 Å². The van der Waals surface area contributed by atoms with Crippen molar-refractivity contribution in [3.05, 3.63) is 0 Å². The van der Waals surface area contributed by atoms with Gasteiger partial charge in [0.1, 0.15) is 0 Å². The Morgan fingerprint density at radius 1 is 1.19 bits per heavy atom. The van der Waals surface area contributed by atoms with Crippen LogP contribution in [0.15, 0.2) is 0 Å². The molecule has 7 heteroatoms. The summed E-state index contributed by atoms with van der Waals surface area (Å²) in [6, 6.07) is 0. The molecule has 0 heterocycles. The molecule has 2 aliphatic rings. The number of carboxylic acid groups (broad SMARTS) is 1. The molecule has 3 unspecified atom stereocenters. The van der Waals surface area contributed by atoms with E-state index in [0.717, 1.165) is 0 Å². The second kappa shape index (κ2) is 2.87. The minimum absolute atomic E-state index is 0.0250. The summed E-state index contributed by atoms with van der Waals surface area (Å²) in [4.78, 5) is 10.8. The molecule has 0 aromatic rings. The summed E-state index contributed by atoms with van der Waals surface area (Å²) in [5.74, 6) is -9.59. The van der Waals surface area contributed by atoms with Crippen LogP contribution in [0, 0.1) is 17.3 Å². The van der Waals surface area contributed by atoms with Crippen LogP contribution in [0.25, 0.3) is 0 Å². The highest BCUT2D eigenvalue weighted by molar-refractivity contribution is 5.78. The molecule has 92 valence electrons. The SMILES string of the molecule is O=C(O)C1(C(F)(F)F)C2CCC(C2)C1(F)F. The first-order valence-electron chi connectivity index (χ1n) is 4.83. The van der Waals surface area contributed by atoms with E-state index in [1.807, 2.05) is 0 Å². The van der Waals surface area contributed by atoms with Crippen molar-refractivity contribution in [3.8, 4) is 0 Å². The van der Waals surface area contributed by atoms with Gasteiger partial charge in [0.25, 0.3) is 5.92 Å². The van der Waals surface area contributed by atoms with Crippen LogP contribution in [0.2, 0.25) is 0 Å². The molecule has 0 spiro atoms. The summed E-state index contributed by atoms with van der Waals surface area (Å²) in [5.41, 5.74) is -3.87. The Bertz CT molecular complexity index is 337. The van der Waals surface area contributed by atoms with E-state index in [-0.39, 0.29) is 19.3 Å². The predicted octanol–water partition coefficient (Wildman–Crippen LogP) is 2.68. The third kappa shape index (κ3) is 0.990. The molecule has 16 heavy (non-hydrogen) atoms. The number of hydrogen-bond donors (Lipinski definition) is 1. The second-order valence-corrected chi connectivity index (χ2v) is 4.44. The fourth-order valence-corrected chi connectivity index (χ4v) is 3.16. The smallest absolute Gasteiger partial charge is 0.411 e. The lowest BCUT2D eigenvalue weighted by Crippen LogP contribution is -2.60. The monoisotopic (exact) mass is 244 g/mol. The first-order chi connectivity index (χ1) is 7.15. The Morgan fingerprint density at radius 2 is 1.69 bits per heavy atom. The van der Waals surface area contributed by atoms with Gasteiger partial charge in [0.2, 0.25) is 5.41 Å². The molecule has 0 aromatic heterocycles. The molecule has 0 radical (unpaired) electrons. The molecule has 0 aliphatic heterocycles. The minimum Gasteiger partial charge on any atom is -0.480 e. The van der Waals surface area contributed by atoms with Crippen LogP contribution in [0.3, 0.4) is 0 Å². The van der Waals surface area contributed by atoms with E-state index in [0.29, 0.717) is 0 Å². The van der Waals surface area contributed by atoms with E-state index in [4.69, 9.17) is 5.11 Å². The van der Waals surface area contributed by atoms with Crippen molar-refractivity contribution < 1.29 is 31.9 Å². The lowest BCUT2D eigenvalue weighted by atomic mass is 9.69. The van der Waals surface area contributed by atoms with E-state index >= 15 is 0 Å². The third-order valence-electron chi connectivity index (χ3n) is 3.87. The van der Waals surface area contributed by atoms with Gasteiger partial charge < -0.3 is 5.11 Å². The summed E-state index contributed by atoms with van der Waals surface area (Å²) in [5, 5.41) is 8.66. The van der Waals surface area contributed by atoms with E-state index in [1.54, 1.807) is 0 Å². The first-order valence-corrected chi connectivity index (χ1v) is 4.83. The molecule has 0 aromatic carbocycles. The van der Waals surface area contributed by atoms with Crippen molar-refractivity contribution in [3.63, 3.8) is 0 Å². The number of fused-ring (bicyclic) bond motifs is 2. The zero-order valence-corrected chi connectivity index (χ0v) is 8.02. The summed E-state index contributed by atoms with van der Waals surface area (Å²) >= 11 is 0. The number of rotatable bonds is 1. The van der Waals surface area contributed by atoms with Crippen molar-refractivity contribution in [1.29, 1.82) is 0 Å². The lowest BCUT2D eigenvalue weighted by molar-refractivity contribution is -0.307. The van der Waals surface area contributed by atoms with Crippen molar-refractivity contribution in [2.24, 2.45) is 17.3 Å². The average Bonchev–Trinajstić information content (AvgIpc) is 2.56. The highest BCUT2D eigenvalue weighted by Gasteiger charge is 2.84. The van der Waals surface area contributed by atoms with Gasteiger partial charge in [-0.05, 0) is 25.2 Å². The van der Waals surface area contributed by atoms with Gasteiger partial charge in [0, 0.05) is 5.92 Å². The van der Waals surface area contributed by atoms with Crippen LogP contribution in [0.4, 0.5) is 22.0 Å². The fraction of sp³-hybridized carbons (Fsp3) is 0.889. The largest absolute Gasteiger partial charge is 0.480 e. The zero-order chi connectivity index (χ0) is 12.4. The first kappa shape index (κ1) is 11.6. The quantitative estimate of drug-likeness (QED) is 0.720. The number of halogens is 5. The number of carboxylic acids is 1. The molecule has 3 atom stereocenters. The summed E-state index contributed by atoms with van der Waals surface area (Å²) < 4.78 is 65.5. The Hall–Kier alpha value is -0.880. The van der Waals surface area contributed by atoms with Gasteiger partial charge in [0.15, 0.2) is 0 Å². The minimum atomic E-state index is -5.41. The fourth-order valence-electron chi connectivity index (χ4n) is 3.16. The van der Waals surface area contributed by atoms with Gasteiger partial charge in [-0.3, -0.25) is 4.79 Å². The maximum absolute atomic E-state index is 13.6. The Balaban J connectivity index is 2.60. The van der Waals surface area contributed by atoms with Crippen molar-refractivity contribution in [1.82, 2.24) is 0 Å². The zero-order valence-electron chi connectivity index (χ0n) is 8.02. The van der Waals surface area contributed by atoms with E-state index in [1.165, 1.54) is 0 Å². The van der Waals surface area contributed by atoms with Crippen LogP contribution in [0.1, 0.15) is 19.3 Å². The Morgan fingerprint density at radius 3 is 1.94 bits per heavy atom.